The Balaban J connectivity index is 1.63. The van der Waals surface area contributed by atoms with Crippen LogP contribution < -0.4 is 14.4 Å². The van der Waals surface area contributed by atoms with Crippen LogP contribution in [0.25, 0.3) is 10.9 Å². The summed E-state index contributed by atoms with van der Waals surface area (Å²) in [6.45, 7) is -0.972. The first-order chi connectivity index (χ1) is 17.4. The first-order valence-electron chi connectivity index (χ1n) is 11.2. The largest absolute Gasteiger partial charge is 0.491 e. The number of hydrogen-bond acceptors (Lipinski definition) is 6. The number of anilines is 1. The highest BCUT2D eigenvalue weighted by molar-refractivity contribution is 6.03. The van der Waals surface area contributed by atoms with Crippen LogP contribution in [0.3, 0.4) is 0 Å². The standard InChI is InChI=1S/C25H22F5N3O4/c1-32(2)17-8-5-9-18(36-23(35)25(28,29)30)21(17)22(34)33-13-12-24(26,27)19(14-33)37-20-11-10-15-6-3-4-7-16(15)31-20/h3-11,19H,12-14H2,1-2H3. The topological polar surface area (TPSA) is 72.0 Å². The first-order valence-corrected chi connectivity index (χ1v) is 11.2. The normalized spacial score (nSPS) is 17.4. The molecule has 0 spiro atoms. The van der Waals surface area contributed by atoms with E-state index in [9.17, 15) is 31.5 Å². The van der Waals surface area contributed by atoms with Gasteiger partial charge in [-0.15, -0.1) is 0 Å². The average molecular weight is 523 g/mol. The zero-order chi connectivity index (χ0) is 27.0. The van der Waals surface area contributed by atoms with Gasteiger partial charge in [-0.05, 0) is 24.3 Å². The van der Waals surface area contributed by atoms with Crippen LogP contribution in [0.1, 0.15) is 16.8 Å². The number of carbonyl (C=O) groups is 2. The third-order valence-corrected chi connectivity index (χ3v) is 5.83. The lowest BCUT2D eigenvalue weighted by molar-refractivity contribution is -0.189. The number of amides is 1. The molecule has 196 valence electrons. The Morgan fingerprint density at radius 3 is 2.49 bits per heavy atom. The van der Waals surface area contributed by atoms with Gasteiger partial charge in [0.25, 0.3) is 11.8 Å². The van der Waals surface area contributed by atoms with Crippen molar-refractivity contribution in [3.05, 3.63) is 60.2 Å². The number of halogens is 5. The van der Waals surface area contributed by atoms with Crippen molar-refractivity contribution in [1.82, 2.24) is 9.88 Å². The number of ether oxygens (including phenoxy) is 2. The van der Waals surface area contributed by atoms with Gasteiger partial charge in [-0.2, -0.15) is 13.2 Å². The molecule has 1 aliphatic heterocycles. The summed E-state index contributed by atoms with van der Waals surface area (Å²) in [6, 6.07) is 13.9. The van der Waals surface area contributed by atoms with Crippen molar-refractivity contribution in [2.75, 3.05) is 32.1 Å². The maximum Gasteiger partial charge on any atom is 0.491 e. The van der Waals surface area contributed by atoms with Crippen molar-refractivity contribution in [2.24, 2.45) is 0 Å². The van der Waals surface area contributed by atoms with Crippen molar-refractivity contribution in [3.63, 3.8) is 0 Å². The number of nitrogens with zero attached hydrogens (tertiary/aromatic N) is 3. The molecule has 2 aromatic carbocycles. The molecule has 7 nitrogen and oxygen atoms in total. The Labute approximate surface area is 208 Å². The number of aromatic nitrogens is 1. The molecule has 1 aromatic heterocycles. The number of benzene rings is 2. The van der Waals surface area contributed by atoms with Gasteiger partial charge in [0.05, 0.1) is 17.7 Å². The van der Waals surface area contributed by atoms with Crippen molar-refractivity contribution in [1.29, 1.82) is 0 Å². The van der Waals surface area contributed by atoms with E-state index in [4.69, 9.17) is 4.74 Å². The summed E-state index contributed by atoms with van der Waals surface area (Å²) in [6.07, 6.45) is -7.82. The number of carbonyl (C=O) groups excluding carboxylic acids is 2. The van der Waals surface area contributed by atoms with Crippen LogP contribution in [0.4, 0.5) is 27.6 Å². The fraction of sp³-hybridized carbons (Fsp3) is 0.320. The van der Waals surface area contributed by atoms with E-state index in [1.165, 1.54) is 37.2 Å². The summed E-state index contributed by atoms with van der Waals surface area (Å²) in [5.41, 5.74) is 0.310. The molecule has 0 N–H and O–H groups in total. The highest BCUT2D eigenvalue weighted by Crippen LogP contribution is 2.36. The lowest BCUT2D eigenvalue weighted by atomic mass is 10.0. The van der Waals surface area contributed by atoms with E-state index in [-0.39, 0.29) is 17.1 Å². The lowest BCUT2D eigenvalue weighted by Crippen LogP contribution is -2.55. The predicted molar refractivity (Wildman–Crippen MR) is 124 cm³/mol. The SMILES string of the molecule is CN(C)c1cccc(OC(=O)C(F)(F)F)c1C(=O)N1CCC(F)(F)C(Oc2ccc3ccccc3n2)C1. The van der Waals surface area contributed by atoms with Crippen LogP contribution >= 0.6 is 0 Å². The van der Waals surface area contributed by atoms with Crippen LogP contribution in [0.5, 0.6) is 11.6 Å². The van der Waals surface area contributed by atoms with Crippen LogP contribution in [0.15, 0.2) is 54.6 Å². The molecule has 12 heteroatoms. The molecule has 1 unspecified atom stereocenters. The Bertz CT molecular complexity index is 1330. The molecule has 0 bridgehead atoms. The fourth-order valence-electron chi connectivity index (χ4n) is 3.94. The second-order valence-electron chi connectivity index (χ2n) is 8.64. The molecule has 1 fully saturated rings. The van der Waals surface area contributed by atoms with E-state index >= 15 is 0 Å². The third-order valence-electron chi connectivity index (χ3n) is 5.83. The second-order valence-corrected chi connectivity index (χ2v) is 8.64. The van der Waals surface area contributed by atoms with Gasteiger partial charge in [-0.3, -0.25) is 4.79 Å². The highest BCUT2D eigenvalue weighted by atomic mass is 19.4. The molecule has 1 saturated heterocycles. The summed E-state index contributed by atoms with van der Waals surface area (Å²) in [7, 11) is 3.06. The Hall–Kier alpha value is -3.96. The molecule has 0 saturated carbocycles. The van der Waals surface area contributed by atoms with E-state index < -0.39 is 55.3 Å². The van der Waals surface area contributed by atoms with E-state index in [2.05, 4.69) is 9.72 Å². The highest BCUT2D eigenvalue weighted by Gasteiger charge is 2.48. The van der Waals surface area contributed by atoms with Crippen molar-refractivity contribution in [3.8, 4) is 11.6 Å². The molecular formula is C25H22F5N3O4. The molecular weight excluding hydrogens is 501 g/mol. The average Bonchev–Trinajstić information content (AvgIpc) is 2.84. The first kappa shape index (κ1) is 26.1. The third kappa shape index (κ3) is 5.57. The number of pyridine rings is 1. The number of hydrogen-bond donors (Lipinski definition) is 0. The summed E-state index contributed by atoms with van der Waals surface area (Å²) in [5, 5.41) is 0.781. The number of rotatable bonds is 5. The smallest absolute Gasteiger partial charge is 0.466 e. The molecule has 3 aromatic rings. The van der Waals surface area contributed by atoms with E-state index in [0.717, 1.165) is 16.4 Å². The molecule has 2 heterocycles. The maximum atomic E-state index is 14.8. The monoisotopic (exact) mass is 523 g/mol. The van der Waals surface area contributed by atoms with Crippen LogP contribution in [-0.4, -0.2) is 67.1 Å². The summed E-state index contributed by atoms with van der Waals surface area (Å²) in [4.78, 5) is 31.7. The zero-order valence-electron chi connectivity index (χ0n) is 19.8. The van der Waals surface area contributed by atoms with E-state index in [0.29, 0.717) is 5.52 Å². The van der Waals surface area contributed by atoms with Gasteiger partial charge >= 0.3 is 12.1 Å². The zero-order valence-corrected chi connectivity index (χ0v) is 19.8. The number of fused-ring (bicyclic) bond motifs is 1. The molecule has 37 heavy (non-hydrogen) atoms. The molecule has 1 aliphatic rings. The second kappa shape index (κ2) is 9.83. The van der Waals surface area contributed by atoms with Crippen LogP contribution in [0, 0.1) is 0 Å². The van der Waals surface area contributed by atoms with Gasteiger partial charge in [-0.25, -0.2) is 18.6 Å². The number of para-hydroxylation sites is 1. The number of likely N-dealkylation sites (tertiary alicyclic amines) is 1. The van der Waals surface area contributed by atoms with Gasteiger partial charge in [0, 0.05) is 38.5 Å². The van der Waals surface area contributed by atoms with Crippen LogP contribution in [-0.2, 0) is 4.79 Å². The molecule has 1 amide bonds. The number of piperidine rings is 1. The minimum atomic E-state index is -5.30. The van der Waals surface area contributed by atoms with Gasteiger partial charge < -0.3 is 19.3 Å². The van der Waals surface area contributed by atoms with Crippen molar-refractivity contribution >= 4 is 28.5 Å². The van der Waals surface area contributed by atoms with Crippen molar-refractivity contribution in [2.45, 2.75) is 24.6 Å². The Morgan fingerprint density at radius 2 is 1.78 bits per heavy atom. The van der Waals surface area contributed by atoms with Gasteiger partial charge in [0.15, 0.2) is 6.10 Å². The fourth-order valence-corrected chi connectivity index (χ4v) is 3.94. The minimum Gasteiger partial charge on any atom is -0.466 e. The summed E-state index contributed by atoms with van der Waals surface area (Å²) in [5.74, 6) is -7.40. The lowest BCUT2D eigenvalue weighted by Gasteiger charge is -2.38. The summed E-state index contributed by atoms with van der Waals surface area (Å²) >= 11 is 0. The van der Waals surface area contributed by atoms with E-state index in [1.807, 2.05) is 0 Å². The summed E-state index contributed by atoms with van der Waals surface area (Å²) < 4.78 is 78.1. The van der Waals surface area contributed by atoms with Gasteiger partial charge in [0.2, 0.25) is 5.88 Å². The van der Waals surface area contributed by atoms with Crippen molar-refractivity contribution < 1.29 is 41.0 Å². The van der Waals surface area contributed by atoms with Gasteiger partial charge in [0.1, 0.15) is 11.3 Å². The Kier molecular flexibility index (Phi) is 6.94. The van der Waals surface area contributed by atoms with E-state index in [1.54, 1.807) is 30.3 Å². The molecule has 0 radical (unpaired) electrons. The van der Waals surface area contributed by atoms with Gasteiger partial charge in [-0.1, -0.05) is 24.3 Å². The minimum absolute atomic E-state index is 0.0637. The molecule has 1 atom stereocenters. The predicted octanol–water partition coefficient (Wildman–Crippen LogP) is 4.70. The maximum absolute atomic E-state index is 14.8. The van der Waals surface area contributed by atoms with Crippen LogP contribution in [0.2, 0.25) is 0 Å². The number of esters is 1. The molecule has 0 aliphatic carbocycles. The molecule has 4 rings (SSSR count). The quantitative estimate of drug-likeness (QED) is 0.274. The Morgan fingerprint density at radius 1 is 1.05 bits per heavy atom. The number of alkyl halides is 5.